The zero-order valence-electron chi connectivity index (χ0n) is 61.6. The molecule has 14 aromatic rings. The minimum Gasteiger partial charge on any atom is -0.465 e. The van der Waals surface area contributed by atoms with Crippen molar-refractivity contribution in [1.29, 1.82) is 0 Å². The maximum atomic E-state index is 11.8. The Balaban J connectivity index is 0.000000220. The van der Waals surface area contributed by atoms with Crippen LogP contribution in [0, 0.1) is 7.14 Å². The third kappa shape index (κ3) is 25.2. The molecule has 6 aromatic heterocycles. The Morgan fingerprint density at radius 1 is 0.442 bits per heavy atom. The van der Waals surface area contributed by atoms with E-state index in [1.807, 2.05) is 134 Å². The van der Waals surface area contributed by atoms with Gasteiger partial charge in [0.1, 0.15) is 47.9 Å². The molecule has 5 N–H and O–H groups in total. The molecule has 1 fully saturated rings. The number of hydrogen-bond acceptors (Lipinski definition) is 20. The van der Waals surface area contributed by atoms with Gasteiger partial charge in [-0.25, -0.2) is 49.5 Å². The van der Waals surface area contributed by atoms with E-state index in [1.165, 1.54) is 58.8 Å². The van der Waals surface area contributed by atoms with E-state index in [9.17, 15) is 9.59 Å². The van der Waals surface area contributed by atoms with Crippen LogP contribution in [0.5, 0.6) is 0 Å². The summed E-state index contributed by atoms with van der Waals surface area (Å²) >= 11 is 13.6. The summed E-state index contributed by atoms with van der Waals surface area (Å²) in [4.78, 5) is 65.1. The summed E-state index contributed by atoms with van der Waals surface area (Å²) in [5, 5.41) is 14.8. The predicted octanol–water partition coefficient (Wildman–Crippen LogP) is 21.9. The lowest BCUT2D eigenvalue weighted by molar-refractivity contribution is 0.00578. The summed E-state index contributed by atoms with van der Waals surface area (Å²) in [6.45, 7) is 16.6. The average Bonchev–Trinajstić information content (AvgIpc) is 1.56. The van der Waals surface area contributed by atoms with Crippen LogP contribution < -0.4 is 27.1 Å². The smallest absolute Gasteiger partial charge is 0.465 e. The van der Waals surface area contributed by atoms with Gasteiger partial charge in [-0.05, 0) is 223 Å². The molecule has 20 nitrogen and oxygen atoms in total. The molecular weight excluding hydrogens is 1730 g/mol. The molecule has 7 heterocycles. The fourth-order valence-electron chi connectivity index (χ4n) is 11.1. The van der Waals surface area contributed by atoms with Crippen LogP contribution >= 0.6 is 72.7 Å². The number of aromatic nitrogens is 10. The lowest BCUT2D eigenvalue weighted by atomic mass is 9.78. The van der Waals surface area contributed by atoms with Gasteiger partial charge >= 0.3 is 19.1 Å². The zero-order valence-corrected chi connectivity index (χ0v) is 68.3. The van der Waals surface area contributed by atoms with Gasteiger partial charge < -0.3 is 40.5 Å². The second-order valence-electron chi connectivity index (χ2n) is 26.1. The van der Waals surface area contributed by atoms with E-state index in [-0.39, 0.29) is 71.0 Å². The first kappa shape index (κ1) is 91.8. The largest absolute Gasteiger partial charge is 0.494 e. The van der Waals surface area contributed by atoms with Crippen molar-refractivity contribution in [2.45, 2.75) is 120 Å². The minimum absolute atomic E-state index is 0. The Morgan fingerprint density at radius 3 is 1.22 bits per heavy atom. The van der Waals surface area contributed by atoms with Crippen molar-refractivity contribution in [1.82, 2.24) is 49.8 Å². The summed E-state index contributed by atoms with van der Waals surface area (Å²) in [5.41, 5.74) is 16.8. The average molecular weight is 1830 g/mol. The van der Waals surface area contributed by atoms with Crippen molar-refractivity contribution < 1.29 is 28.4 Å². The van der Waals surface area contributed by atoms with E-state index < -0.39 is 13.1 Å². The van der Waals surface area contributed by atoms with E-state index in [1.54, 1.807) is 43.5 Å². The number of ether oxygens (including phenoxy) is 2. The van der Waals surface area contributed by atoms with Gasteiger partial charge in [-0.1, -0.05) is 175 Å². The SMILES string of the molecule is C.C.C.C.COC(=O)c1cncc(-c2ccc3ncnc(N[C@H](C)c4ccccc4)c3c2)c1.COC(=O)c1cncc(Br)c1.C[C@@H](N)c1ccccc1.C[C@@H](Nc1ncnc2ccc(B3OC(C)(C)C(C)(C)O3)cc12)c1ccccc1.C[C@@H](Nc1ncnc2ccc(I)cc12)c1ccccc1.Clc1ncnc2ccc(I)cc12. The van der Waals surface area contributed by atoms with Gasteiger partial charge in [0.25, 0.3) is 0 Å². The van der Waals surface area contributed by atoms with Gasteiger partial charge in [-0.3, -0.25) is 9.97 Å². The zero-order chi connectivity index (χ0) is 77.6. The highest BCUT2D eigenvalue weighted by Gasteiger charge is 2.51. The molecule has 1 aliphatic heterocycles. The van der Waals surface area contributed by atoms with Crippen LogP contribution in [-0.4, -0.2) is 94.3 Å². The van der Waals surface area contributed by atoms with Crippen LogP contribution in [0.2, 0.25) is 5.15 Å². The molecule has 0 unspecified atom stereocenters. The van der Waals surface area contributed by atoms with Crippen molar-refractivity contribution in [3.8, 4) is 11.1 Å². The first-order valence-corrected chi connectivity index (χ1v) is 38.1. The number of rotatable bonds is 14. The molecule has 586 valence electrons. The molecule has 0 bridgehead atoms. The van der Waals surface area contributed by atoms with E-state index in [0.717, 1.165) is 85.7 Å². The molecule has 0 spiro atoms. The molecule has 0 aliphatic carbocycles. The van der Waals surface area contributed by atoms with Crippen LogP contribution in [0.1, 0.15) is 152 Å². The predicted molar refractivity (Wildman–Crippen MR) is 484 cm³/mol. The number of nitrogens with zero attached hydrogens (tertiary/aromatic N) is 10. The van der Waals surface area contributed by atoms with Gasteiger partial charge in [-0.2, -0.15) is 0 Å². The summed E-state index contributed by atoms with van der Waals surface area (Å²) in [6.07, 6.45) is 12.5. The van der Waals surface area contributed by atoms with E-state index in [4.69, 9.17) is 31.4 Å². The third-order valence-electron chi connectivity index (χ3n) is 17.9. The van der Waals surface area contributed by atoms with Gasteiger partial charge in [0, 0.05) is 87.7 Å². The highest BCUT2D eigenvalue weighted by molar-refractivity contribution is 14.1. The fraction of sp³-hybridized carbons (Fsp3) is 0.227. The summed E-state index contributed by atoms with van der Waals surface area (Å²) in [6, 6.07) is 69.0. The summed E-state index contributed by atoms with van der Waals surface area (Å²) < 4.78 is 24.8. The molecule has 25 heteroatoms. The second kappa shape index (κ2) is 43.8. The lowest BCUT2D eigenvalue weighted by Crippen LogP contribution is -2.41. The second-order valence-corrected chi connectivity index (χ2v) is 29.9. The number of esters is 2. The van der Waals surface area contributed by atoms with Gasteiger partial charge in [0.2, 0.25) is 0 Å². The number of nitrogens with one attached hydrogen (secondary N) is 3. The Morgan fingerprint density at radius 2 is 0.805 bits per heavy atom. The number of methoxy groups -OCH3 is 2. The Bertz CT molecular complexity index is 5350. The van der Waals surface area contributed by atoms with Crippen LogP contribution in [0.25, 0.3) is 54.7 Å². The summed E-state index contributed by atoms with van der Waals surface area (Å²) in [7, 11) is 2.28. The van der Waals surface area contributed by atoms with Crippen molar-refractivity contribution in [2.24, 2.45) is 5.73 Å². The number of hydrogen-bond donors (Lipinski definition) is 4. The highest BCUT2D eigenvalue weighted by atomic mass is 127. The van der Waals surface area contributed by atoms with Crippen LogP contribution in [0.4, 0.5) is 17.5 Å². The van der Waals surface area contributed by atoms with Crippen LogP contribution in [-0.2, 0) is 18.8 Å². The summed E-state index contributed by atoms with van der Waals surface area (Å²) in [5.74, 6) is 1.65. The Hall–Kier alpha value is -10.1. The maximum Gasteiger partial charge on any atom is 0.494 e. The molecule has 0 amide bonds. The highest BCUT2D eigenvalue weighted by Crippen LogP contribution is 2.38. The fourth-order valence-corrected chi connectivity index (χ4v) is 12.7. The first-order chi connectivity index (χ1) is 52.5. The number of nitrogens with two attached hydrogens (primary N) is 1. The van der Waals surface area contributed by atoms with Gasteiger partial charge in [0.05, 0.1) is 58.6 Å². The van der Waals surface area contributed by atoms with Crippen molar-refractivity contribution in [3.05, 3.63) is 307 Å². The van der Waals surface area contributed by atoms with E-state index in [0.29, 0.717) is 16.3 Å². The van der Waals surface area contributed by atoms with E-state index >= 15 is 0 Å². The number of pyridine rings is 2. The molecule has 4 atom stereocenters. The van der Waals surface area contributed by atoms with E-state index in [2.05, 4.69) is 247 Å². The van der Waals surface area contributed by atoms with Gasteiger partial charge in [-0.15, -0.1) is 0 Å². The molecule has 0 radical (unpaired) electrons. The first-order valence-electron chi connectivity index (χ1n) is 34.8. The molecular formula is C88H97BBrClI2N14O6. The quantitative estimate of drug-likeness (QED) is 0.0341. The number of benzene rings is 8. The topological polar surface area (TPSA) is 262 Å². The minimum atomic E-state index is -0.414. The normalized spacial score (nSPS) is 13.0. The number of carbonyl (C=O) groups is 2. The third-order valence-corrected chi connectivity index (χ3v) is 19.9. The van der Waals surface area contributed by atoms with Crippen molar-refractivity contribution in [3.63, 3.8) is 0 Å². The maximum absolute atomic E-state index is 11.8. The number of fused-ring (bicyclic) bond motifs is 4. The molecule has 15 rings (SSSR count). The van der Waals surface area contributed by atoms with Crippen molar-refractivity contribution in [2.75, 3.05) is 30.2 Å². The number of anilines is 3. The Labute approximate surface area is 704 Å². The van der Waals surface area contributed by atoms with Crippen LogP contribution in [0.3, 0.4) is 0 Å². The van der Waals surface area contributed by atoms with Crippen molar-refractivity contribution >= 4 is 158 Å². The standard InChI is InChI=1S/C23H20N4O2.C22H26BN3O2.C16H14IN3.C8H4ClIN2.C8H11N.C7H6BrNO2.4CH4/c1-15(16-6-4-3-5-7-16)27-22-20-11-17(8-9-21(20)25-14-26-22)18-10-19(13-24-12-18)23(28)29-2;1-15(16-9-7-6-8-10-16)26-20-18-13-17(11-12-19(18)24-14-25-20)23-27-21(2,3)22(4,5)28-23;1-11(12-5-3-2-4-6-12)20-16-14-9-13(17)7-8-15(14)18-10-19-16;9-8-6-3-5(10)1-2-7(6)11-4-12-8;1-7(9)8-5-3-2-4-6-8;1-11-7(10)5-2-6(8)4-9-3-5;;;;/h3-15H,1-2H3,(H,25,26,27);6-15H,1-5H3,(H,24,25,26);2-11H,1H3,(H,18,19,20);1-4H;2-7H,9H2,1H3;2-4H,1H3;4*1H4/t2*15-;11-;;7-;;;;;/m111.1...../s1. The molecule has 1 aliphatic rings. The lowest BCUT2D eigenvalue weighted by Gasteiger charge is -2.32. The number of halogens is 4. The number of carbonyl (C=O) groups excluding carboxylic acids is 2. The molecule has 1 saturated heterocycles. The Kier molecular flexibility index (Phi) is 35.6. The molecule has 0 saturated carbocycles. The monoisotopic (exact) mass is 1820 g/mol. The van der Waals surface area contributed by atoms with Gasteiger partial charge in [0.15, 0.2) is 0 Å². The van der Waals surface area contributed by atoms with Crippen LogP contribution in [0.15, 0.2) is 261 Å². The molecule has 8 aromatic carbocycles. The molecule has 113 heavy (non-hydrogen) atoms.